The topological polar surface area (TPSA) is 61.1 Å². The van der Waals surface area contributed by atoms with Crippen molar-refractivity contribution < 1.29 is 9.90 Å². The van der Waals surface area contributed by atoms with E-state index in [1.54, 1.807) is 31.2 Å². The van der Waals surface area contributed by atoms with Crippen LogP contribution in [-0.4, -0.2) is 11.1 Å². The SMILES string of the molecule is C[C@H](C(=O)O)c1ccccc1C#N. The first-order valence-electron chi connectivity index (χ1n) is 3.88. The van der Waals surface area contributed by atoms with E-state index in [9.17, 15) is 4.79 Å². The van der Waals surface area contributed by atoms with Crippen molar-refractivity contribution in [2.24, 2.45) is 0 Å². The summed E-state index contributed by atoms with van der Waals surface area (Å²) in [7, 11) is 0. The average molecular weight is 175 g/mol. The molecule has 1 rings (SSSR count). The van der Waals surface area contributed by atoms with E-state index in [-0.39, 0.29) is 0 Å². The molecule has 0 unspecified atom stereocenters. The van der Waals surface area contributed by atoms with Gasteiger partial charge in [0.25, 0.3) is 0 Å². The van der Waals surface area contributed by atoms with Gasteiger partial charge in [0.05, 0.1) is 17.6 Å². The summed E-state index contributed by atoms with van der Waals surface area (Å²) in [6.07, 6.45) is 0. The molecule has 0 saturated heterocycles. The monoisotopic (exact) mass is 175 g/mol. The zero-order valence-electron chi connectivity index (χ0n) is 7.19. The molecule has 1 aromatic rings. The number of nitrogens with zero attached hydrogens (tertiary/aromatic N) is 1. The van der Waals surface area contributed by atoms with E-state index >= 15 is 0 Å². The number of carboxylic acids is 1. The van der Waals surface area contributed by atoms with E-state index in [1.807, 2.05) is 6.07 Å². The predicted molar refractivity (Wildman–Crippen MR) is 47.2 cm³/mol. The highest BCUT2D eigenvalue weighted by atomic mass is 16.4. The summed E-state index contributed by atoms with van der Waals surface area (Å²) in [4.78, 5) is 10.7. The van der Waals surface area contributed by atoms with Crippen molar-refractivity contribution in [2.45, 2.75) is 12.8 Å². The molecule has 0 aliphatic rings. The lowest BCUT2D eigenvalue weighted by Crippen LogP contribution is -2.08. The molecule has 66 valence electrons. The molecular formula is C10H9NO2. The number of benzene rings is 1. The van der Waals surface area contributed by atoms with Gasteiger partial charge in [-0.15, -0.1) is 0 Å². The Hall–Kier alpha value is -1.82. The molecule has 0 spiro atoms. The van der Waals surface area contributed by atoms with E-state index in [1.165, 1.54) is 0 Å². The minimum absolute atomic E-state index is 0.428. The molecule has 3 heteroatoms. The fourth-order valence-electron chi connectivity index (χ4n) is 1.11. The van der Waals surface area contributed by atoms with Crippen molar-refractivity contribution in [3.63, 3.8) is 0 Å². The number of rotatable bonds is 2. The Kier molecular flexibility index (Phi) is 2.65. The van der Waals surface area contributed by atoms with Gasteiger partial charge in [0, 0.05) is 0 Å². The fourth-order valence-corrected chi connectivity index (χ4v) is 1.11. The van der Waals surface area contributed by atoms with Crippen LogP contribution < -0.4 is 0 Å². The second kappa shape index (κ2) is 3.72. The van der Waals surface area contributed by atoms with Gasteiger partial charge in [-0.3, -0.25) is 4.79 Å². The van der Waals surface area contributed by atoms with Crippen LogP contribution >= 0.6 is 0 Å². The third kappa shape index (κ3) is 1.85. The molecule has 3 nitrogen and oxygen atoms in total. The Morgan fingerprint density at radius 1 is 1.54 bits per heavy atom. The maximum Gasteiger partial charge on any atom is 0.310 e. The summed E-state index contributed by atoms with van der Waals surface area (Å²) in [6.45, 7) is 1.57. The molecule has 0 radical (unpaired) electrons. The van der Waals surface area contributed by atoms with Crippen molar-refractivity contribution in [1.82, 2.24) is 0 Å². The number of hydrogen-bond acceptors (Lipinski definition) is 2. The molecule has 0 aliphatic carbocycles. The largest absolute Gasteiger partial charge is 0.481 e. The molecule has 0 bridgehead atoms. The Balaban J connectivity index is 3.15. The van der Waals surface area contributed by atoms with E-state index in [0.717, 1.165) is 0 Å². The van der Waals surface area contributed by atoms with Crippen LogP contribution in [0.4, 0.5) is 0 Å². The number of nitriles is 1. The van der Waals surface area contributed by atoms with Crippen molar-refractivity contribution in [3.8, 4) is 6.07 Å². The van der Waals surface area contributed by atoms with E-state index in [4.69, 9.17) is 10.4 Å². The highest BCUT2D eigenvalue weighted by Gasteiger charge is 2.16. The molecule has 1 N–H and O–H groups in total. The summed E-state index contributed by atoms with van der Waals surface area (Å²) < 4.78 is 0. The number of hydrogen-bond donors (Lipinski definition) is 1. The lowest BCUT2D eigenvalue weighted by atomic mass is 9.97. The Bertz CT molecular complexity index is 365. The fraction of sp³-hybridized carbons (Fsp3) is 0.200. The van der Waals surface area contributed by atoms with Gasteiger partial charge < -0.3 is 5.11 Å². The van der Waals surface area contributed by atoms with Crippen LogP contribution in [0.3, 0.4) is 0 Å². The highest BCUT2D eigenvalue weighted by Crippen LogP contribution is 2.18. The zero-order chi connectivity index (χ0) is 9.84. The summed E-state index contributed by atoms with van der Waals surface area (Å²) in [6, 6.07) is 8.70. The van der Waals surface area contributed by atoms with Gasteiger partial charge in [-0.2, -0.15) is 5.26 Å². The van der Waals surface area contributed by atoms with Crippen molar-refractivity contribution >= 4 is 5.97 Å². The molecule has 13 heavy (non-hydrogen) atoms. The van der Waals surface area contributed by atoms with Crippen LogP contribution in [0.2, 0.25) is 0 Å². The molecule has 0 amide bonds. The van der Waals surface area contributed by atoms with Crippen LogP contribution in [0.1, 0.15) is 24.0 Å². The van der Waals surface area contributed by atoms with Gasteiger partial charge in [0.15, 0.2) is 0 Å². The summed E-state index contributed by atoms with van der Waals surface area (Å²) >= 11 is 0. The molecule has 0 saturated carbocycles. The van der Waals surface area contributed by atoms with Gasteiger partial charge in [0.2, 0.25) is 0 Å². The second-order valence-electron chi connectivity index (χ2n) is 2.76. The molecular weight excluding hydrogens is 166 g/mol. The van der Waals surface area contributed by atoms with Gasteiger partial charge in [-0.05, 0) is 18.6 Å². The number of carbonyl (C=O) groups is 1. The zero-order valence-corrected chi connectivity index (χ0v) is 7.19. The van der Waals surface area contributed by atoms with Crippen LogP contribution in [-0.2, 0) is 4.79 Å². The lowest BCUT2D eigenvalue weighted by molar-refractivity contribution is -0.138. The summed E-state index contributed by atoms with van der Waals surface area (Å²) in [5.41, 5.74) is 0.995. The van der Waals surface area contributed by atoms with E-state index in [0.29, 0.717) is 11.1 Å². The third-order valence-electron chi connectivity index (χ3n) is 1.92. The maximum absolute atomic E-state index is 10.7. The van der Waals surface area contributed by atoms with Crippen LogP contribution in [0.25, 0.3) is 0 Å². The predicted octanol–water partition coefficient (Wildman–Crippen LogP) is 1.75. The maximum atomic E-state index is 10.7. The summed E-state index contributed by atoms with van der Waals surface area (Å²) in [5.74, 6) is -1.54. The molecule has 0 heterocycles. The van der Waals surface area contributed by atoms with Gasteiger partial charge >= 0.3 is 5.97 Å². The van der Waals surface area contributed by atoms with Crippen LogP contribution in [0.15, 0.2) is 24.3 Å². The standard InChI is InChI=1S/C10H9NO2/c1-7(10(12)13)9-5-3-2-4-8(9)6-11/h2-5,7H,1H3,(H,12,13)/t7-/m0/s1. The van der Waals surface area contributed by atoms with Crippen molar-refractivity contribution in [1.29, 1.82) is 5.26 Å². The minimum Gasteiger partial charge on any atom is -0.481 e. The highest BCUT2D eigenvalue weighted by molar-refractivity contribution is 5.76. The first-order valence-corrected chi connectivity index (χ1v) is 3.88. The normalized spacial score (nSPS) is 11.7. The van der Waals surface area contributed by atoms with Crippen molar-refractivity contribution in [2.75, 3.05) is 0 Å². The van der Waals surface area contributed by atoms with Gasteiger partial charge in [0.1, 0.15) is 0 Å². The molecule has 0 fully saturated rings. The Morgan fingerprint density at radius 2 is 2.15 bits per heavy atom. The summed E-state index contributed by atoms with van der Waals surface area (Å²) in [5, 5.41) is 17.5. The first kappa shape index (κ1) is 9.27. The van der Waals surface area contributed by atoms with Crippen LogP contribution in [0, 0.1) is 11.3 Å². The smallest absolute Gasteiger partial charge is 0.310 e. The quantitative estimate of drug-likeness (QED) is 0.744. The Morgan fingerprint density at radius 3 is 2.69 bits per heavy atom. The lowest BCUT2D eigenvalue weighted by Gasteiger charge is -2.07. The second-order valence-corrected chi connectivity index (χ2v) is 2.76. The Labute approximate surface area is 76.2 Å². The minimum atomic E-state index is -0.914. The third-order valence-corrected chi connectivity index (χ3v) is 1.92. The molecule has 1 aromatic carbocycles. The first-order chi connectivity index (χ1) is 6.16. The van der Waals surface area contributed by atoms with Gasteiger partial charge in [-0.1, -0.05) is 18.2 Å². The molecule has 0 aliphatic heterocycles. The van der Waals surface area contributed by atoms with Gasteiger partial charge in [-0.25, -0.2) is 0 Å². The number of aliphatic carboxylic acids is 1. The molecule has 1 atom stereocenters. The average Bonchev–Trinajstić information content (AvgIpc) is 2.16. The van der Waals surface area contributed by atoms with E-state index in [2.05, 4.69) is 0 Å². The molecule has 0 aromatic heterocycles. The van der Waals surface area contributed by atoms with Crippen LogP contribution in [0.5, 0.6) is 0 Å². The number of carboxylic acid groups (broad SMARTS) is 1. The van der Waals surface area contributed by atoms with Crippen molar-refractivity contribution in [3.05, 3.63) is 35.4 Å². The van der Waals surface area contributed by atoms with E-state index < -0.39 is 11.9 Å².